The number of aliphatic hydroxyl groups excluding tert-OH is 1. The second-order valence-corrected chi connectivity index (χ2v) is 7.37. The van der Waals surface area contributed by atoms with Crippen LogP contribution in [0.5, 0.6) is 0 Å². The van der Waals surface area contributed by atoms with Gasteiger partial charge >= 0.3 is 0 Å². The van der Waals surface area contributed by atoms with Crippen molar-refractivity contribution in [3.63, 3.8) is 0 Å². The lowest BCUT2D eigenvalue weighted by molar-refractivity contribution is -0.124. The average molecular weight is 374 g/mol. The monoisotopic (exact) mass is 374 g/mol. The third kappa shape index (κ3) is 5.64. The second kappa shape index (κ2) is 9.45. The Kier molecular flexibility index (Phi) is 7.29. The average Bonchev–Trinajstić information content (AvgIpc) is 3.13. The molecule has 0 aliphatic heterocycles. The topological polar surface area (TPSA) is 91.3 Å². The van der Waals surface area contributed by atoms with Gasteiger partial charge in [0, 0.05) is 6.54 Å². The minimum atomic E-state index is -1.06. The third-order valence-electron chi connectivity index (χ3n) is 3.64. The van der Waals surface area contributed by atoms with Crippen molar-refractivity contribution in [2.24, 2.45) is 5.92 Å². The molecule has 7 heteroatoms. The van der Waals surface area contributed by atoms with E-state index in [0.29, 0.717) is 18.0 Å². The molecule has 139 valence electrons. The molecule has 1 radical (unpaired) electrons. The van der Waals surface area contributed by atoms with Gasteiger partial charge in [-0.25, -0.2) is 4.98 Å². The van der Waals surface area contributed by atoms with Crippen molar-refractivity contribution >= 4 is 23.2 Å². The first-order valence-corrected chi connectivity index (χ1v) is 9.38. The van der Waals surface area contributed by atoms with Crippen LogP contribution in [0.2, 0.25) is 0 Å². The molecule has 26 heavy (non-hydrogen) atoms. The first-order chi connectivity index (χ1) is 12.4. The second-order valence-electron chi connectivity index (χ2n) is 6.42. The number of thiophene rings is 1. The molecule has 2 heterocycles. The molecule has 2 rings (SSSR count). The van der Waals surface area contributed by atoms with Crippen LogP contribution < -0.4 is 10.6 Å². The fraction of sp³-hybridized carbons (Fsp3) is 0.368. The summed E-state index contributed by atoms with van der Waals surface area (Å²) in [6.45, 7) is 7.17. The number of aromatic nitrogens is 1. The number of nitrogens with zero attached hydrogens (tertiary/aromatic N) is 1. The highest BCUT2D eigenvalue weighted by atomic mass is 32.1. The summed E-state index contributed by atoms with van der Waals surface area (Å²) < 4.78 is 0. The number of rotatable bonds is 8. The first-order valence-electron chi connectivity index (χ1n) is 8.50. The molecule has 2 amide bonds. The maximum absolute atomic E-state index is 12.5. The number of pyridine rings is 1. The van der Waals surface area contributed by atoms with Gasteiger partial charge in [-0.05, 0) is 42.8 Å². The predicted molar refractivity (Wildman–Crippen MR) is 102 cm³/mol. The van der Waals surface area contributed by atoms with E-state index in [1.165, 1.54) is 18.3 Å². The Hall–Kier alpha value is -2.25. The van der Waals surface area contributed by atoms with Crippen LogP contribution in [-0.2, 0) is 4.79 Å². The summed E-state index contributed by atoms with van der Waals surface area (Å²) >= 11 is 1.53. The van der Waals surface area contributed by atoms with Gasteiger partial charge in [0.1, 0.15) is 11.7 Å². The molecule has 2 aromatic rings. The van der Waals surface area contributed by atoms with Crippen molar-refractivity contribution in [3.8, 4) is 10.6 Å². The Balaban J connectivity index is 2.05. The Morgan fingerprint density at radius 1 is 1.23 bits per heavy atom. The van der Waals surface area contributed by atoms with Crippen LogP contribution in [0.25, 0.3) is 10.6 Å². The number of carbonyl (C=O) groups excluding carboxylic acids is 2. The molecule has 0 saturated carbocycles. The highest BCUT2D eigenvalue weighted by Crippen LogP contribution is 2.22. The maximum Gasteiger partial charge on any atom is 0.270 e. The number of hydrogen-bond donors (Lipinski definition) is 3. The zero-order valence-electron chi connectivity index (χ0n) is 15.1. The van der Waals surface area contributed by atoms with Crippen molar-refractivity contribution < 1.29 is 14.7 Å². The van der Waals surface area contributed by atoms with Crippen LogP contribution in [0.4, 0.5) is 0 Å². The molecular formula is C19H24N3O3S. The van der Waals surface area contributed by atoms with Crippen molar-refractivity contribution in [2.45, 2.75) is 39.3 Å². The van der Waals surface area contributed by atoms with Gasteiger partial charge in [-0.2, -0.15) is 0 Å². The van der Waals surface area contributed by atoms with Crippen LogP contribution in [0.3, 0.4) is 0 Å². The van der Waals surface area contributed by atoms with E-state index in [1.54, 1.807) is 18.7 Å². The zero-order chi connectivity index (χ0) is 19.1. The van der Waals surface area contributed by atoms with E-state index < -0.39 is 24.0 Å². The normalized spacial score (nSPS) is 13.3. The number of hydrogen-bond acceptors (Lipinski definition) is 5. The summed E-state index contributed by atoms with van der Waals surface area (Å²) in [6.07, 6.45) is -0.330. The zero-order valence-corrected chi connectivity index (χ0v) is 15.9. The number of amides is 2. The Bertz CT molecular complexity index is 729. The number of nitrogens with one attached hydrogen (secondary N) is 2. The Labute approximate surface area is 157 Å². The molecule has 2 atom stereocenters. The van der Waals surface area contributed by atoms with Gasteiger partial charge in [0.05, 0.1) is 16.7 Å². The van der Waals surface area contributed by atoms with E-state index in [-0.39, 0.29) is 5.69 Å². The van der Waals surface area contributed by atoms with Crippen LogP contribution in [0.1, 0.15) is 37.7 Å². The smallest absolute Gasteiger partial charge is 0.270 e. The molecule has 0 spiro atoms. The van der Waals surface area contributed by atoms with Gasteiger partial charge in [0.15, 0.2) is 0 Å². The molecule has 6 nitrogen and oxygen atoms in total. The Morgan fingerprint density at radius 2 is 2.00 bits per heavy atom. The lowest BCUT2D eigenvalue weighted by atomic mass is 10.1. The summed E-state index contributed by atoms with van der Waals surface area (Å²) in [4.78, 5) is 30.0. The molecule has 0 saturated heterocycles. The lowest BCUT2D eigenvalue weighted by Crippen LogP contribution is -2.52. The quantitative estimate of drug-likeness (QED) is 0.662. The first kappa shape index (κ1) is 20.1. The van der Waals surface area contributed by atoms with Gasteiger partial charge in [0.25, 0.3) is 5.91 Å². The van der Waals surface area contributed by atoms with E-state index in [0.717, 1.165) is 4.88 Å². The molecule has 0 aliphatic rings. The Morgan fingerprint density at radius 3 is 2.62 bits per heavy atom. The van der Waals surface area contributed by atoms with Crippen LogP contribution in [0, 0.1) is 12.5 Å². The van der Waals surface area contributed by atoms with Crippen molar-refractivity contribution in [2.75, 3.05) is 0 Å². The predicted octanol–water partition coefficient (Wildman–Crippen LogP) is 2.61. The molecule has 0 fully saturated rings. The minimum absolute atomic E-state index is 0.195. The van der Waals surface area contributed by atoms with Crippen molar-refractivity contribution in [1.82, 2.24) is 15.6 Å². The van der Waals surface area contributed by atoms with Gasteiger partial charge in [-0.15, -0.1) is 11.3 Å². The summed E-state index contributed by atoms with van der Waals surface area (Å²) in [5, 5.41) is 17.0. The standard InChI is InChI=1S/C19H24N3O3S/c1-12(2)9-10-20-19(25)17(13(3)23)22-18(24)15-7-4-6-14(21-15)16-8-5-11-26-16/h4-8,10-13,17,23H,9H2,1-3H3,(H,20,25)(H,22,24)/t13-,17+/m1/s1. The number of carbonyl (C=O) groups is 2. The van der Waals surface area contributed by atoms with Crippen molar-refractivity contribution in [1.29, 1.82) is 0 Å². The van der Waals surface area contributed by atoms with E-state index in [4.69, 9.17) is 0 Å². The van der Waals surface area contributed by atoms with Gasteiger partial charge in [0.2, 0.25) is 5.91 Å². The molecular weight excluding hydrogens is 350 g/mol. The summed E-state index contributed by atoms with van der Waals surface area (Å²) in [6, 6.07) is 7.92. The largest absolute Gasteiger partial charge is 0.391 e. The van der Waals surface area contributed by atoms with Crippen LogP contribution in [-0.4, -0.2) is 34.1 Å². The number of aliphatic hydroxyl groups is 1. The van der Waals surface area contributed by atoms with E-state index in [2.05, 4.69) is 15.6 Å². The minimum Gasteiger partial charge on any atom is -0.391 e. The fourth-order valence-electron chi connectivity index (χ4n) is 2.23. The summed E-state index contributed by atoms with van der Waals surface area (Å²) in [7, 11) is 0. The summed E-state index contributed by atoms with van der Waals surface area (Å²) in [5.41, 5.74) is 0.886. The molecule has 0 aliphatic carbocycles. The molecule has 0 unspecified atom stereocenters. The van der Waals surface area contributed by atoms with Gasteiger partial charge in [-0.1, -0.05) is 26.0 Å². The van der Waals surface area contributed by atoms with Gasteiger partial charge in [-0.3, -0.25) is 9.59 Å². The third-order valence-corrected chi connectivity index (χ3v) is 4.53. The summed E-state index contributed by atoms with van der Waals surface area (Å²) in [5.74, 6) is -0.559. The lowest BCUT2D eigenvalue weighted by Gasteiger charge is -2.21. The molecule has 2 aromatic heterocycles. The maximum atomic E-state index is 12.5. The highest BCUT2D eigenvalue weighted by Gasteiger charge is 2.26. The van der Waals surface area contributed by atoms with Gasteiger partial charge < -0.3 is 15.7 Å². The van der Waals surface area contributed by atoms with E-state index in [9.17, 15) is 14.7 Å². The molecule has 3 N–H and O–H groups in total. The van der Waals surface area contributed by atoms with E-state index >= 15 is 0 Å². The van der Waals surface area contributed by atoms with Crippen LogP contribution >= 0.6 is 11.3 Å². The van der Waals surface area contributed by atoms with Crippen LogP contribution in [0.15, 0.2) is 35.7 Å². The SMILES string of the molecule is CC(C)C[CH]NC(=O)[C@@H](NC(=O)c1cccc(-c2cccs2)n1)[C@@H](C)O. The highest BCUT2D eigenvalue weighted by molar-refractivity contribution is 7.13. The van der Waals surface area contributed by atoms with Crippen molar-refractivity contribution in [3.05, 3.63) is 48.0 Å². The fourth-order valence-corrected chi connectivity index (χ4v) is 2.92. The molecule has 0 bridgehead atoms. The van der Waals surface area contributed by atoms with E-state index in [1.807, 2.05) is 37.4 Å². The molecule has 0 aromatic carbocycles.